The van der Waals surface area contributed by atoms with Crippen molar-refractivity contribution in [3.05, 3.63) is 297 Å². The van der Waals surface area contributed by atoms with Crippen LogP contribution in [0, 0.1) is 0 Å². The first-order valence-corrected chi connectivity index (χ1v) is 33.7. The fourth-order valence-electron chi connectivity index (χ4n) is 14.8. The Balaban J connectivity index is 0.0000110. The average molecular weight is 1640 g/mol. The second-order valence-corrected chi connectivity index (χ2v) is 27.5. The van der Waals surface area contributed by atoms with Crippen molar-refractivity contribution in [2.75, 3.05) is 13.1 Å². The molecule has 28 heteroatoms. The minimum absolute atomic E-state index is 0. The number of alkyl halides is 24. The van der Waals surface area contributed by atoms with Gasteiger partial charge in [0.2, 0.25) is 0 Å². The SMILES string of the molecule is FC(F)(F)c1cc(-c2cc(-c3cc(C(F)(F)F)cc(C(F)(F)F)c3)cc(-c3cc4ccccc4c4c3C[N+]3(Cc5c(-c6cc(-c7cc(C(F)(F)F)cc(C(F)(F)F)c7)cc(-c7cc(C(F)(F)F)cc(C(F)(F)F)c7)c6)cc6ccccc6c5-4)C[C@H](OCc4ccccc4)[C@@H](OCc4ccccc4)C3)c2)cc(C(F)(F)F)c1.[Br-]. The van der Waals surface area contributed by atoms with Crippen LogP contribution in [0.1, 0.15) is 66.8 Å². The molecule has 0 N–H and O–H groups in total. The first kappa shape index (κ1) is 79.9. The topological polar surface area (TPSA) is 18.5 Å². The molecule has 112 heavy (non-hydrogen) atoms. The average Bonchev–Trinajstić information content (AvgIpc) is 1.65. The van der Waals surface area contributed by atoms with Crippen LogP contribution in [-0.4, -0.2) is 29.8 Å². The van der Waals surface area contributed by atoms with Crippen molar-refractivity contribution in [3.63, 3.8) is 0 Å². The first-order chi connectivity index (χ1) is 51.9. The van der Waals surface area contributed by atoms with Gasteiger partial charge in [-0.1, -0.05) is 109 Å². The molecule has 0 radical (unpaired) electrons. The zero-order valence-corrected chi connectivity index (χ0v) is 58.6. The van der Waals surface area contributed by atoms with E-state index in [2.05, 4.69) is 0 Å². The third-order valence-electron chi connectivity index (χ3n) is 19.9. The molecule has 1 fully saturated rings. The van der Waals surface area contributed by atoms with Crippen LogP contribution < -0.4 is 17.0 Å². The van der Waals surface area contributed by atoms with Gasteiger partial charge in [-0.25, -0.2) is 0 Å². The molecule has 14 rings (SSSR count). The number of halogens is 25. The molecule has 0 amide bonds. The molecule has 0 unspecified atom stereocenters. The Labute approximate surface area is 631 Å². The monoisotopic (exact) mass is 1640 g/mol. The van der Waals surface area contributed by atoms with Gasteiger partial charge in [0.25, 0.3) is 0 Å². The standard InChI is InChI=1S/C84H52F24NO2.BrH/c85-77(86,87)59-25-53(26-60(35-59)78(88,89)90)49-19-50(54-27-61(79(91,92)93)36-62(28-54)80(94,95)96)22-57(21-49)69-33-47-15-7-9-17-67(47)75-71(69)39-109(41-73(110-43-45-11-3-1-4-12-45)74(42-109)111-44-46-13-5-2-6-14-46)40-72-70(34-48-16-8-10-18-68(48)76(72)75)58-23-51(55-29-63(81(97,98)99)37-64(30-55)82(100,101)102)20-52(24-58)56-31-65(83(103,104)105)38-66(32-56)84(106,107)108;/h1-38,73-74H,39-44H2;1H/q+1;/p-1/t73-,74-;/m0./s1. The summed E-state index contributed by atoms with van der Waals surface area (Å²) >= 11 is 0. The fourth-order valence-corrected chi connectivity index (χ4v) is 14.8. The van der Waals surface area contributed by atoms with Crippen LogP contribution in [0.3, 0.4) is 0 Å². The summed E-state index contributed by atoms with van der Waals surface area (Å²) in [6, 6.07) is 41.1. The largest absolute Gasteiger partial charge is 1.00 e. The molecule has 2 heterocycles. The summed E-state index contributed by atoms with van der Waals surface area (Å²) in [5.74, 6) is 0. The number of benzene rings is 12. The Bertz CT molecular complexity index is 4920. The summed E-state index contributed by atoms with van der Waals surface area (Å²) < 4.78 is 372. The van der Waals surface area contributed by atoms with Gasteiger partial charge in [0.15, 0.2) is 0 Å². The first-order valence-electron chi connectivity index (χ1n) is 33.7. The van der Waals surface area contributed by atoms with E-state index in [9.17, 15) is 105 Å². The summed E-state index contributed by atoms with van der Waals surface area (Å²) in [4.78, 5) is 0. The summed E-state index contributed by atoms with van der Waals surface area (Å²) in [6.45, 7) is -0.923. The van der Waals surface area contributed by atoms with E-state index in [1.54, 1.807) is 109 Å². The van der Waals surface area contributed by atoms with Gasteiger partial charge in [-0.2, -0.15) is 105 Å². The van der Waals surface area contributed by atoms with Crippen LogP contribution in [0.25, 0.3) is 99.4 Å². The summed E-state index contributed by atoms with van der Waals surface area (Å²) in [5, 5.41) is 1.20. The van der Waals surface area contributed by atoms with Crippen LogP contribution in [-0.2, 0) is 85.2 Å². The van der Waals surface area contributed by atoms with E-state index in [4.69, 9.17) is 9.47 Å². The van der Waals surface area contributed by atoms with Gasteiger partial charge in [0.1, 0.15) is 38.4 Å². The van der Waals surface area contributed by atoms with E-state index in [-0.39, 0.29) is 140 Å². The maximum Gasteiger partial charge on any atom is 0.416 e. The maximum atomic E-state index is 14.9. The zero-order chi connectivity index (χ0) is 79.5. The molecule has 2 aliphatic heterocycles. The number of hydrogen-bond acceptors (Lipinski definition) is 2. The van der Waals surface area contributed by atoms with Gasteiger partial charge < -0.3 is 30.9 Å². The third kappa shape index (κ3) is 16.7. The van der Waals surface area contributed by atoms with Crippen LogP contribution in [0.2, 0.25) is 0 Å². The van der Waals surface area contributed by atoms with Crippen LogP contribution in [0.15, 0.2) is 231 Å². The molecule has 1 spiro atoms. The molecular formula is C84H52BrF24NO2. The fraction of sp³-hybridized carbons (Fsp3) is 0.190. The molecule has 3 nitrogen and oxygen atoms in total. The molecule has 1 saturated heterocycles. The molecular weight excluding hydrogens is 1590 g/mol. The minimum atomic E-state index is -5.50. The Hall–Kier alpha value is -10.2. The van der Waals surface area contributed by atoms with Crippen molar-refractivity contribution in [3.8, 4) is 77.9 Å². The van der Waals surface area contributed by atoms with Crippen molar-refractivity contribution in [1.29, 1.82) is 0 Å². The lowest BCUT2D eigenvalue weighted by Crippen LogP contribution is -3.00. The molecule has 2 atom stereocenters. The predicted octanol–water partition coefficient (Wildman–Crippen LogP) is 23.8. The maximum absolute atomic E-state index is 14.9. The number of quaternary nitrogens is 1. The Morgan fingerprint density at radius 2 is 0.482 bits per heavy atom. The lowest BCUT2D eigenvalue weighted by Gasteiger charge is -2.35. The van der Waals surface area contributed by atoms with E-state index in [0.29, 0.717) is 70.4 Å². The van der Waals surface area contributed by atoms with Crippen molar-refractivity contribution in [1.82, 2.24) is 0 Å². The van der Waals surface area contributed by atoms with Gasteiger partial charge in [-0.15, -0.1) is 0 Å². The quantitative estimate of drug-likeness (QED) is 0.0897. The van der Waals surface area contributed by atoms with Crippen molar-refractivity contribution < 1.29 is 136 Å². The van der Waals surface area contributed by atoms with E-state index in [0.717, 1.165) is 36.4 Å². The Morgan fingerprint density at radius 3 is 0.732 bits per heavy atom. The Kier molecular flexibility index (Phi) is 20.8. The highest BCUT2D eigenvalue weighted by Gasteiger charge is 2.51. The Morgan fingerprint density at radius 1 is 0.259 bits per heavy atom. The second kappa shape index (κ2) is 29.1. The third-order valence-corrected chi connectivity index (χ3v) is 19.9. The van der Waals surface area contributed by atoms with Gasteiger partial charge in [-0.05, 0) is 221 Å². The van der Waals surface area contributed by atoms with E-state index < -0.39 is 151 Å². The molecule has 0 aliphatic carbocycles. The number of fused-ring (bicyclic) bond motifs is 7. The van der Waals surface area contributed by atoms with Crippen LogP contribution >= 0.6 is 0 Å². The van der Waals surface area contributed by atoms with Crippen molar-refractivity contribution in [2.45, 2.75) is 87.9 Å². The molecule has 12 aromatic rings. The smallest absolute Gasteiger partial charge is 0.416 e. The van der Waals surface area contributed by atoms with Gasteiger partial charge in [-0.3, -0.25) is 0 Å². The highest BCUT2D eigenvalue weighted by atomic mass is 79.9. The lowest BCUT2D eigenvalue weighted by molar-refractivity contribution is -0.944. The summed E-state index contributed by atoms with van der Waals surface area (Å²) in [7, 11) is 0. The summed E-state index contributed by atoms with van der Waals surface area (Å²) in [5.41, 5.74) is -18.9. The molecule has 0 aromatic heterocycles. The van der Waals surface area contributed by atoms with E-state index in [1.807, 2.05) is 0 Å². The number of nitrogens with zero attached hydrogens (tertiary/aromatic N) is 1. The zero-order valence-electron chi connectivity index (χ0n) is 57.0. The molecule has 2 aliphatic rings. The lowest BCUT2D eigenvalue weighted by atomic mass is 9.81. The van der Waals surface area contributed by atoms with Gasteiger partial charge in [0.05, 0.1) is 57.7 Å². The number of hydrogen-bond donors (Lipinski definition) is 0. The van der Waals surface area contributed by atoms with Crippen molar-refractivity contribution in [2.24, 2.45) is 0 Å². The molecule has 580 valence electrons. The molecule has 12 aromatic carbocycles. The van der Waals surface area contributed by atoms with Crippen LogP contribution in [0.4, 0.5) is 105 Å². The molecule has 0 saturated carbocycles. The minimum Gasteiger partial charge on any atom is -1.00 e. The highest BCUT2D eigenvalue weighted by molar-refractivity contribution is 6.12. The van der Waals surface area contributed by atoms with Gasteiger partial charge in [0, 0.05) is 22.3 Å². The highest BCUT2D eigenvalue weighted by Crippen LogP contribution is 2.54. The van der Waals surface area contributed by atoms with E-state index in [1.165, 1.54) is 12.1 Å². The second-order valence-electron chi connectivity index (χ2n) is 27.5. The number of rotatable bonds is 12. The summed E-state index contributed by atoms with van der Waals surface area (Å²) in [6.07, 6.45) is -46.0. The normalized spacial score (nSPS) is 15.7. The van der Waals surface area contributed by atoms with Gasteiger partial charge >= 0.3 is 49.4 Å². The number of ether oxygens (including phenoxy) is 2. The van der Waals surface area contributed by atoms with Crippen LogP contribution in [0.5, 0.6) is 0 Å². The predicted molar refractivity (Wildman–Crippen MR) is 367 cm³/mol. The van der Waals surface area contributed by atoms with Crippen molar-refractivity contribution >= 4 is 21.5 Å². The van der Waals surface area contributed by atoms with E-state index >= 15 is 0 Å². The molecule has 0 bridgehead atoms.